The van der Waals surface area contributed by atoms with Crippen LogP contribution in [0.25, 0.3) is 0 Å². The molecular weight excluding hydrogens is 394 g/mol. The molecular formula is C24H29N3O4. The molecule has 0 radical (unpaired) electrons. The van der Waals surface area contributed by atoms with Crippen LogP contribution in [0.1, 0.15) is 33.9 Å². The minimum Gasteiger partial charge on any atom is -0.493 e. The van der Waals surface area contributed by atoms with E-state index in [-0.39, 0.29) is 24.2 Å². The second-order valence-electron chi connectivity index (χ2n) is 8.08. The number of Topliss-reactive ketones (excluding diaryl/α,β-unsaturated/α-hetero) is 1. The molecule has 164 valence electrons. The molecule has 1 aliphatic carbocycles. The maximum Gasteiger partial charge on any atom is 0.234 e. The summed E-state index contributed by atoms with van der Waals surface area (Å²) in [5.74, 6) is 1.03. The highest BCUT2D eigenvalue weighted by Gasteiger charge is 2.32. The molecule has 1 amide bonds. The Bertz CT molecular complexity index is 939. The van der Waals surface area contributed by atoms with Gasteiger partial charge in [0.05, 0.1) is 26.8 Å². The Morgan fingerprint density at radius 1 is 1.00 bits per heavy atom. The summed E-state index contributed by atoms with van der Waals surface area (Å²) < 4.78 is 10.7. The van der Waals surface area contributed by atoms with Crippen LogP contribution in [0.15, 0.2) is 42.5 Å². The summed E-state index contributed by atoms with van der Waals surface area (Å²) in [5, 5.41) is 3.04. The van der Waals surface area contributed by atoms with Crippen LogP contribution in [0, 0.1) is 0 Å². The molecule has 7 heteroatoms. The smallest absolute Gasteiger partial charge is 0.234 e. The fraction of sp³-hybridized carbons (Fsp3) is 0.417. The highest BCUT2D eigenvalue weighted by Crippen LogP contribution is 2.39. The predicted octanol–water partition coefficient (Wildman–Crippen LogP) is 2.27. The third-order valence-corrected chi connectivity index (χ3v) is 6.04. The van der Waals surface area contributed by atoms with Gasteiger partial charge in [-0.2, -0.15) is 0 Å². The largest absolute Gasteiger partial charge is 0.493 e. The number of fused-ring (bicyclic) bond motifs is 1. The number of benzene rings is 2. The summed E-state index contributed by atoms with van der Waals surface area (Å²) in [7, 11) is 3.11. The van der Waals surface area contributed by atoms with Crippen LogP contribution < -0.4 is 14.8 Å². The van der Waals surface area contributed by atoms with Gasteiger partial charge in [-0.05, 0) is 23.3 Å². The molecule has 1 fully saturated rings. The molecule has 1 heterocycles. The normalized spacial score (nSPS) is 19.2. The molecule has 1 saturated heterocycles. The summed E-state index contributed by atoms with van der Waals surface area (Å²) in [5.41, 5.74) is 2.70. The first-order chi connectivity index (χ1) is 15.1. The van der Waals surface area contributed by atoms with Crippen LogP contribution in [-0.2, 0) is 11.3 Å². The molecule has 2 aliphatic rings. The van der Waals surface area contributed by atoms with Crippen molar-refractivity contribution >= 4 is 11.7 Å². The zero-order chi connectivity index (χ0) is 21.8. The zero-order valence-electron chi connectivity index (χ0n) is 18.1. The zero-order valence-corrected chi connectivity index (χ0v) is 18.1. The number of nitrogens with one attached hydrogen (secondary N) is 1. The summed E-state index contributed by atoms with van der Waals surface area (Å²) in [4.78, 5) is 29.7. The molecule has 4 rings (SSSR count). The minimum atomic E-state index is -0.325. The van der Waals surface area contributed by atoms with E-state index in [1.165, 1.54) is 5.56 Å². The Labute approximate surface area is 182 Å². The van der Waals surface area contributed by atoms with Crippen LogP contribution in [0.2, 0.25) is 0 Å². The van der Waals surface area contributed by atoms with Crippen LogP contribution in [0.5, 0.6) is 11.5 Å². The van der Waals surface area contributed by atoms with E-state index in [1.54, 1.807) is 26.4 Å². The van der Waals surface area contributed by atoms with Crippen molar-refractivity contribution in [3.05, 3.63) is 59.2 Å². The van der Waals surface area contributed by atoms with Crippen molar-refractivity contribution in [3.63, 3.8) is 0 Å². The molecule has 0 aromatic heterocycles. The summed E-state index contributed by atoms with van der Waals surface area (Å²) in [6.45, 7) is 4.85. The van der Waals surface area contributed by atoms with Crippen LogP contribution in [-0.4, -0.2) is 68.4 Å². The number of carbonyl (C=O) groups is 2. The van der Waals surface area contributed by atoms with Crippen molar-refractivity contribution in [2.45, 2.75) is 19.0 Å². The predicted molar refractivity (Wildman–Crippen MR) is 118 cm³/mol. The average molecular weight is 424 g/mol. The lowest BCUT2D eigenvalue weighted by atomic mass is 10.1. The first-order valence-electron chi connectivity index (χ1n) is 10.6. The van der Waals surface area contributed by atoms with Gasteiger partial charge in [0.2, 0.25) is 5.91 Å². The monoisotopic (exact) mass is 423 g/mol. The van der Waals surface area contributed by atoms with Crippen molar-refractivity contribution in [1.82, 2.24) is 15.1 Å². The van der Waals surface area contributed by atoms with E-state index in [0.717, 1.165) is 38.3 Å². The molecule has 1 atom stereocenters. The average Bonchev–Trinajstić information content (AvgIpc) is 3.08. The Morgan fingerprint density at radius 3 is 2.32 bits per heavy atom. The van der Waals surface area contributed by atoms with Crippen LogP contribution in [0.3, 0.4) is 0 Å². The van der Waals surface area contributed by atoms with E-state index >= 15 is 0 Å². The number of methoxy groups -OCH3 is 2. The lowest BCUT2D eigenvalue weighted by Crippen LogP contribution is -2.49. The SMILES string of the molecule is COc1cc2c(cc1OC)C(NC(=O)CN1CCN(Cc3ccccc3)CC1)CC2=O. The molecule has 0 bridgehead atoms. The van der Waals surface area contributed by atoms with E-state index in [2.05, 4.69) is 39.4 Å². The van der Waals surface area contributed by atoms with Crippen molar-refractivity contribution < 1.29 is 19.1 Å². The van der Waals surface area contributed by atoms with E-state index in [0.29, 0.717) is 23.6 Å². The minimum absolute atomic E-state index is 0.00998. The quantitative estimate of drug-likeness (QED) is 0.737. The number of ether oxygens (including phenoxy) is 2. The Kier molecular flexibility index (Phi) is 6.53. The van der Waals surface area contributed by atoms with Gasteiger partial charge in [-0.25, -0.2) is 0 Å². The van der Waals surface area contributed by atoms with Crippen molar-refractivity contribution in [2.75, 3.05) is 46.9 Å². The van der Waals surface area contributed by atoms with Gasteiger partial charge < -0.3 is 14.8 Å². The lowest BCUT2D eigenvalue weighted by Gasteiger charge is -2.34. The third kappa shape index (κ3) is 4.89. The second kappa shape index (κ2) is 9.49. The highest BCUT2D eigenvalue weighted by atomic mass is 16.5. The van der Waals surface area contributed by atoms with Crippen molar-refractivity contribution in [3.8, 4) is 11.5 Å². The topological polar surface area (TPSA) is 71.1 Å². The van der Waals surface area contributed by atoms with Gasteiger partial charge >= 0.3 is 0 Å². The highest BCUT2D eigenvalue weighted by molar-refractivity contribution is 6.02. The molecule has 0 spiro atoms. The number of hydrogen-bond donors (Lipinski definition) is 1. The maximum absolute atomic E-state index is 12.7. The van der Waals surface area contributed by atoms with E-state index in [1.807, 2.05) is 6.07 Å². The van der Waals surface area contributed by atoms with Gasteiger partial charge in [0.25, 0.3) is 0 Å². The molecule has 2 aromatic carbocycles. The van der Waals surface area contributed by atoms with Gasteiger partial charge in [0.1, 0.15) is 0 Å². The number of carbonyl (C=O) groups excluding carboxylic acids is 2. The molecule has 7 nitrogen and oxygen atoms in total. The number of rotatable bonds is 7. The van der Waals surface area contributed by atoms with Crippen molar-refractivity contribution in [2.24, 2.45) is 0 Å². The maximum atomic E-state index is 12.7. The molecule has 1 N–H and O–H groups in total. The number of hydrogen-bond acceptors (Lipinski definition) is 6. The van der Waals surface area contributed by atoms with Gasteiger partial charge in [0.15, 0.2) is 17.3 Å². The molecule has 0 saturated carbocycles. The fourth-order valence-electron chi connectivity index (χ4n) is 4.35. The standard InChI is InChI=1S/C24H29N3O4/c1-30-22-12-18-19(13-23(22)31-2)21(28)14-20(18)25-24(29)16-27-10-8-26(9-11-27)15-17-6-4-3-5-7-17/h3-7,12-13,20H,8-11,14-16H2,1-2H3,(H,25,29). The molecule has 31 heavy (non-hydrogen) atoms. The van der Waals surface area contributed by atoms with E-state index < -0.39 is 0 Å². The van der Waals surface area contributed by atoms with Gasteiger partial charge in [-0.3, -0.25) is 19.4 Å². The number of piperazine rings is 1. The first-order valence-corrected chi connectivity index (χ1v) is 10.6. The lowest BCUT2D eigenvalue weighted by molar-refractivity contribution is -0.123. The van der Waals surface area contributed by atoms with Crippen LogP contribution in [0.4, 0.5) is 0 Å². The Hall–Kier alpha value is -2.90. The van der Waals surface area contributed by atoms with E-state index in [4.69, 9.17) is 9.47 Å². The fourth-order valence-corrected chi connectivity index (χ4v) is 4.35. The van der Waals surface area contributed by atoms with Gasteiger partial charge in [-0.1, -0.05) is 30.3 Å². The summed E-state index contributed by atoms with van der Waals surface area (Å²) >= 11 is 0. The summed E-state index contributed by atoms with van der Waals surface area (Å²) in [6.07, 6.45) is 0.266. The van der Waals surface area contributed by atoms with Crippen molar-refractivity contribution in [1.29, 1.82) is 0 Å². The number of amides is 1. The van der Waals surface area contributed by atoms with E-state index in [9.17, 15) is 9.59 Å². The molecule has 1 aliphatic heterocycles. The number of ketones is 1. The Balaban J connectivity index is 1.31. The molecule has 2 aromatic rings. The molecule has 1 unspecified atom stereocenters. The first kappa shape index (κ1) is 21.3. The Morgan fingerprint density at radius 2 is 1.65 bits per heavy atom. The van der Waals surface area contributed by atoms with Gasteiger partial charge in [-0.15, -0.1) is 0 Å². The summed E-state index contributed by atoms with van der Waals surface area (Å²) in [6, 6.07) is 13.6. The van der Waals surface area contributed by atoms with Gasteiger partial charge in [0, 0.05) is 44.7 Å². The van der Waals surface area contributed by atoms with Crippen LogP contribution >= 0.6 is 0 Å². The number of nitrogens with zero attached hydrogens (tertiary/aromatic N) is 2. The third-order valence-electron chi connectivity index (χ3n) is 6.04. The second-order valence-corrected chi connectivity index (χ2v) is 8.08.